The summed E-state index contributed by atoms with van der Waals surface area (Å²) >= 11 is 4.07. The first-order chi connectivity index (χ1) is 12.1. The number of carbonyl (C=O) groups excluding carboxylic acids is 2. The molecule has 2 heterocycles. The Kier molecular flexibility index (Phi) is 6.27. The highest BCUT2D eigenvalue weighted by Crippen LogP contribution is 2.29. The van der Waals surface area contributed by atoms with Crippen LogP contribution >= 0.6 is 34.4 Å². The number of thioether (sulfide) groups is 1. The second kappa shape index (κ2) is 8.63. The van der Waals surface area contributed by atoms with Gasteiger partial charge in [0.2, 0.25) is 11.0 Å². The Bertz CT molecular complexity index is 739. The average molecular weight is 398 g/mol. The Balaban J connectivity index is 1.47. The largest absolute Gasteiger partial charge is 0.366 e. The molecule has 1 fully saturated rings. The molecule has 0 aliphatic heterocycles. The van der Waals surface area contributed by atoms with E-state index < -0.39 is 5.91 Å². The molecule has 0 atom stereocenters. The number of nitrogens with two attached hydrogens (primary N) is 1. The zero-order chi connectivity index (χ0) is 17.6. The topological polar surface area (TPSA) is 110 Å². The maximum Gasteiger partial charge on any atom is 0.251 e. The van der Waals surface area contributed by atoms with Crippen molar-refractivity contribution in [2.75, 3.05) is 16.4 Å². The predicted octanol–water partition coefficient (Wildman–Crippen LogP) is 3.17. The number of aromatic nitrogens is 2. The van der Waals surface area contributed by atoms with Crippen LogP contribution in [0.15, 0.2) is 15.8 Å². The highest BCUT2D eigenvalue weighted by molar-refractivity contribution is 8.01. The minimum absolute atomic E-state index is 0.202. The van der Waals surface area contributed by atoms with Gasteiger partial charge in [-0.25, -0.2) is 0 Å². The number of nitrogens with zero attached hydrogens (tertiary/aromatic N) is 2. The number of thiophene rings is 1. The van der Waals surface area contributed by atoms with Crippen LogP contribution in [0, 0.1) is 0 Å². The molecule has 7 nitrogen and oxygen atoms in total. The summed E-state index contributed by atoms with van der Waals surface area (Å²) in [5, 5.41) is 17.4. The third-order valence-corrected chi connectivity index (χ3v) is 6.67. The molecule has 2 aromatic heterocycles. The molecule has 2 aromatic rings. The molecule has 134 valence electrons. The van der Waals surface area contributed by atoms with E-state index in [9.17, 15) is 9.59 Å². The number of hydrogen-bond donors (Lipinski definition) is 3. The lowest BCUT2D eigenvalue weighted by Crippen LogP contribution is -2.21. The van der Waals surface area contributed by atoms with Gasteiger partial charge < -0.3 is 16.4 Å². The molecule has 4 N–H and O–H groups in total. The minimum Gasteiger partial charge on any atom is -0.366 e. The molecule has 0 saturated heterocycles. The van der Waals surface area contributed by atoms with Gasteiger partial charge in [0.15, 0.2) is 4.34 Å². The SMILES string of the molecule is NC(=O)c1ccsc1NC(=O)CSc1nnc(NC2CCCCC2)s1. The van der Waals surface area contributed by atoms with Gasteiger partial charge in [-0.1, -0.05) is 42.4 Å². The highest BCUT2D eigenvalue weighted by Gasteiger charge is 2.16. The van der Waals surface area contributed by atoms with Crippen LogP contribution in [0.4, 0.5) is 10.1 Å². The van der Waals surface area contributed by atoms with E-state index in [2.05, 4.69) is 20.8 Å². The van der Waals surface area contributed by atoms with Crippen molar-refractivity contribution in [1.29, 1.82) is 0 Å². The molecular formula is C15H19N5O2S3. The molecule has 1 aliphatic carbocycles. The zero-order valence-corrected chi connectivity index (χ0v) is 15.9. The van der Waals surface area contributed by atoms with Gasteiger partial charge in [-0.3, -0.25) is 9.59 Å². The quantitative estimate of drug-likeness (QED) is 0.619. The van der Waals surface area contributed by atoms with E-state index in [0.717, 1.165) is 9.47 Å². The number of rotatable bonds is 7. The summed E-state index contributed by atoms with van der Waals surface area (Å²) in [5.41, 5.74) is 5.60. The first-order valence-electron chi connectivity index (χ1n) is 8.02. The van der Waals surface area contributed by atoms with Crippen LogP contribution in [0.1, 0.15) is 42.5 Å². The summed E-state index contributed by atoms with van der Waals surface area (Å²) in [6.45, 7) is 0. The fourth-order valence-corrected chi connectivity index (χ4v) is 5.08. The smallest absolute Gasteiger partial charge is 0.251 e. The third-order valence-electron chi connectivity index (χ3n) is 3.85. The van der Waals surface area contributed by atoms with E-state index in [0.29, 0.717) is 16.6 Å². The van der Waals surface area contributed by atoms with E-state index in [-0.39, 0.29) is 11.7 Å². The van der Waals surface area contributed by atoms with E-state index in [4.69, 9.17) is 5.73 Å². The molecule has 0 bridgehead atoms. The number of anilines is 2. The first-order valence-corrected chi connectivity index (χ1v) is 10.7. The fourth-order valence-electron chi connectivity index (χ4n) is 2.64. The minimum atomic E-state index is -0.549. The maximum atomic E-state index is 12.0. The number of carbonyl (C=O) groups is 2. The van der Waals surface area contributed by atoms with Gasteiger partial charge in [0.05, 0.1) is 11.3 Å². The number of nitrogens with one attached hydrogen (secondary N) is 2. The number of amides is 2. The Hall–Kier alpha value is -1.65. The van der Waals surface area contributed by atoms with Crippen LogP contribution < -0.4 is 16.4 Å². The summed E-state index contributed by atoms with van der Waals surface area (Å²) in [6, 6.07) is 2.08. The van der Waals surface area contributed by atoms with Crippen molar-refractivity contribution in [3.63, 3.8) is 0 Å². The van der Waals surface area contributed by atoms with Crippen molar-refractivity contribution in [3.8, 4) is 0 Å². The second-order valence-electron chi connectivity index (χ2n) is 5.72. The maximum absolute atomic E-state index is 12.0. The van der Waals surface area contributed by atoms with Crippen molar-refractivity contribution in [1.82, 2.24) is 10.2 Å². The molecule has 2 amide bonds. The predicted molar refractivity (Wildman–Crippen MR) is 103 cm³/mol. The van der Waals surface area contributed by atoms with Gasteiger partial charge >= 0.3 is 0 Å². The van der Waals surface area contributed by atoms with E-state index in [1.54, 1.807) is 11.4 Å². The highest BCUT2D eigenvalue weighted by atomic mass is 32.2. The van der Waals surface area contributed by atoms with Crippen LogP contribution in [0.3, 0.4) is 0 Å². The Labute approximate surface area is 157 Å². The molecule has 1 aliphatic rings. The summed E-state index contributed by atoms with van der Waals surface area (Å²) in [6.07, 6.45) is 6.18. The molecule has 0 aromatic carbocycles. The molecule has 0 radical (unpaired) electrons. The Morgan fingerprint density at radius 1 is 1.28 bits per heavy atom. The van der Waals surface area contributed by atoms with Crippen LogP contribution in [-0.4, -0.2) is 33.8 Å². The first kappa shape index (κ1) is 18.2. The van der Waals surface area contributed by atoms with Gasteiger partial charge in [0.1, 0.15) is 5.00 Å². The number of primary amides is 1. The van der Waals surface area contributed by atoms with Crippen molar-refractivity contribution in [3.05, 3.63) is 17.0 Å². The molecule has 0 unspecified atom stereocenters. The normalized spacial score (nSPS) is 15.0. The standard InChI is InChI=1S/C15H19N5O2S3/c16-12(22)10-6-7-23-13(10)18-11(21)8-24-15-20-19-14(25-15)17-9-4-2-1-3-5-9/h6-7,9H,1-5,8H2,(H2,16,22)(H,17,19)(H,18,21). The van der Waals surface area contributed by atoms with Crippen molar-refractivity contribution in [2.24, 2.45) is 5.73 Å². The molecule has 10 heteroatoms. The zero-order valence-electron chi connectivity index (χ0n) is 13.5. The van der Waals surface area contributed by atoms with Crippen molar-refractivity contribution >= 4 is 56.4 Å². The summed E-state index contributed by atoms with van der Waals surface area (Å²) in [7, 11) is 0. The lowest BCUT2D eigenvalue weighted by molar-refractivity contribution is -0.113. The average Bonchev–Trinajstić information content (AvgIpc) is 3.23. The van der Waals surface area contributed by atoms with E-state index in [1.807, 2.05) is 0 Å². The molecule has 0 spiro atoms. The molecule has 25 heavy (non-hydrogen) atoms. The van der Waals surface area contributed by atoms with E-state index >= 15 is 0 Å². The van der Waals surface area contributed by atoms with Gasteiger partial charge in [-0.15, -0.1) is 21.5 Å². The lowest BCUT2D eigenvalue weighted by Gasteiger charge is -2.21. The Morgan fingerprint density at radius 3 is 2.84 bits per heavy atom. The summed E-state index contributed by atoms with van der Waals surface area (Å²) in [4.78, 5) is 23.3. The van der Waals surface area contributed by atoms with Crippen LogP contribution in [0.25, 0.3) is 0 Å². The fraction of sp³-hybridized carbons (Fsp3) is 0.467. The summed E-state index contributed by atoms with van der Waals surface area (Å²) in [5.74, 6) is -0.549. The van der Waals surface area contributed by atoms with Crippen LogP contribution in [-0.2, 0) is 4.79 Å². The second-order valence-corrected chi connectivity index (χ2v) is 8.83. The van der Waals surface area contributed by atoms with Crippen molar-refractivity contribution < 1.29 is 9.59 Å². The van der Waals surface area contributed by atoms with Gasteiger partial charge in [0, 0.05) is 6.04 Å². The molecule has 3 rings (SSSR count). The number of hydrogen-bond acceptors (Lipinski definition) is 8. The van der Waals surface area contributed by atoms with Crippen LogP contribution in [0.2, 0.25) is 0 Å². The summed E-state index contributed by atoms with van der Waals surface area (Å²) < 4.78 is 0.745. The monoisotopic (exact) mass is 397 g/mol. The van der Waals surface area contributed by atoms with Gasteiger partial charge in [-0.05, 0) is 24.3 Å². The van der Waals surface area contributed by atoms with Gasteiger partial charge in [0.25, 0.3) is 5.91 Å². The van der Waals surface area contributed by atoms with E-state index in [1.165, 1.54) is 66.5 Å². The van der Waals surface area contributed by atoms with Crippen LogP contribution in [0.5, 0.6) is 0 Å². The lowest BCUT2D eigenvalue weighted by atomic mass is 9.96. The molecule has 1 saturated carbocycles. The Morgan fingerprint density at radius 2 is 2.08 bits per heavy atom. The van der Waals surface area contributed by atoms with Crippen molar-refractivity contribution in [2.45, 2.75) is 42.5 Å². The van der Waals surface area contributed by atoms with Gasteiger partial charge in [-0.2, -0.15) is 0 Å². The molecular weight excluding hydrogens is 378 g/mol. The third kappa shape index (κ3) is 5.16.